The highest BCUT2D eigenvalue weighted by Gasteiger charge is 2.28. The van der Waals surface area contributed by atoms with Gasteiger partial charge in [0.1, 0.15) is 0 Å². The van der Waals surface area contributed by atoms with Crippen LogP contribution < -0.4 is 10.0 Å². The number of esters is 1. The summed E-state index contributed by atoms with van der Waals surface area (Å²) in [7, 11) is -3.76. The molecule has 0 radical (unpaired) electrons. The molecule has 138 valence electrons. The third-order valence-corrected chi connectivity index (χ3v) is 5.15. The summed E-state index contributed by atoms with van der Waals surface area (Å²) in [6.45, 7) is 6.66. The van der Waals surface area contributed by atoms with Crippen LogP contribution in [0.2, 0.25) is 0 Å². The van der Waals surface area contributed by atoms with Gasteiger partial charge in [0.25, 0.3) is 5.91 Å². The van der Waals surface area contributed by atoms with Crippen molar-refractivity contribution in [1.29, 1.82) is 0 Å². The zero-order valence-corrected chi connectivity index (χ0v) is 15.6. The van der Waals surface area contributed by atoms with Crippen LogP contribution in [0.4, 0.5) is 0 Å². The highest BCUT2D eigenvalue weighted by atomic mass is 32.2. The topological polar surface area (TPSA) is 102 Å². The van der Waals surface area contributed by atoms with E-state index in [1.54, 1.807) is 20.8 Å². The largest absolute Gasteiger partial charge is 0.449 e. The second-order valence-corrected chi connectivity index (χ2v) is 8.90. The minimum absolute atomic E-state index is 0.0352. The molecular weight excluding hydrogens is 344 g/mol. The first-order chi connectivity index (χ1) is 11.5. The van der Waals surface area contributed by atoms with Crippen LogP contribution in [0.15, 0.2) is 29.2 Å². The molecule has 0 spiro atoms. The van der Waals surface area contributed by atoms with E-state index in [0.29, 0.717) is 0 Å². The van der Waals surface area contributed by atoms with Crippen LogP contribution in [0.25, 0.3) is 0 Å². The zero-order valence-electron chi connectivity index (χ0n) is 14.8. The van der Waals surface area contributed by atoms with E-state index >= 15 is 0 Å². The van der Waals surface area contributed by atoms with Gasteiger partial charge in [0, 0.05) is 11.6 Å². The number of rotatable bonds is 6. The Labute approximate surface area is 148 Å². The molecule has 0 unspecified atom stereocenters. The molecule has 0 bridgehead atoms. The molecule has 1 aromatic carbocycles. The molecule has 8 heteroatoms. The van der Waals surface area contributed by atoms with Gasteiger partial charge in [0.05, 0.1) is 10.5 Å². The maximum atomic E-state index is 12.4. The standard InChI is InChI=1S/C17H24N2O5S/c1-11(15(20)18-13-8-9-13)24-16(21)12-6-5-7-14(10-12)25(22,23)19-17(2,3)4/h5-7,10-11,13,19H,8-9H2,1-4H3,(H,18,20)/t11-/m1/s1. The molecule has 25 heavy (non-hydrogen) atoms. The first-order valence-corrected chi connectivity index (χ1v) is 9.62. The Bertz CT molecular complexity index is 763. The smallest absolute Gasteiger partial charge is 0.338 e. The highest BCUT2D eigenvalue weighted by molar-refractivity contribution is 7.89. The lowest BCUT2D eigenvalue weighted by Gasteiger charge is -2.20. The van der Waals surface area contributed by atoms with E-state index in [1.807, 2.05) is 0 Å². The second-order valence-electron chi connectivity index (χ2n) is 7.21. The van der Waals surface area contributed by atoms with Crippen molar-refractivity contribution >= 4 is 21.9 Å². The van der Waals surface area contributed by atoms with Gasteiger partial charge in [0.15, 0.2) is 6.10 Å². The van der Waals surface area contributed by atoms with Gasteiger partial charge in [-0.05, 0) is 58.7 Å². The van der Waals surface area contributed by atoms with E-state index in [9.17, 15) is 18.0 Å². The predicted molar refractivity (Wildman–Crippen MR) is 92.6 cm³/mol. The van der Waals surface area contributed by atoms with Crippen LogP contribution in [0.3, 0.4) is 0 Å². The number of nitrogens with one attached hydrogen (secondary N) is 2. The molecule has 1 amide bonds. The normalized spacial score (nSPS) is 16.2. The summed E-state index contributed by atoms with van der Waals surface area (Å²) in [5.74, 6) is -1.10. The van der Waals surface area contributed by atoms with Crippen LogP contribution in [0, 0.1) is 0 Å². The average Bonchev–Trinajstić information content (AvgIpc) is 3.28. The molecule has 1 aromatic rings. The molecule has 0 saturated heterocycles. The van der Waals surface area contributed by atoms with Crippen LogP contribution in [0.1, 0.15) is 50.9 Å². The molecule has 2 rings (SSSR count). The Kier molecular flexibility index (Phi) is 5.53. The monoisotopic (exact) mass is 368 g/mol. The van der Waals surface area contributed by atoms with Crippen molar-refractivity contribution < 1.29 is 22.7 Å². The van der Waals surface area contributed by atoms with Gasteiger partial charge in [-0.15, -0.1) is 0 Å². The summed E-state index contributed by atoms with van der Waals surface area (Å²) in [5.41, 5.74) is -0.576. The lowest BCUT2D eigenvalue weighted by Crippen LogP contribution is -2.40. The quantitative estimate of drug-likeness (QED) is 0.743. The average molecular weight is 368 g/mol. The summed E-state index contributed by atoms with van der Waals surface area (Å²) in [6, 6.07) is 5.72. The number of carbonyl (C=O) groups excluding carboxylic acids is 2. The van der Waals surface area contributed by atoms with E-state index in [2.05, 4.69) is 10.0 Å². The first kappa shape index (κ1) is 19.4. The Balaban J connectivity index is 2.09. The number of ether oxygens (including phenoxy) is 1. The lowest BCUT2D eigenvalue weighted by atomic mass is 10.1. The van der Waals surface area contributed by atoms with Crippen LogP contribution in [-0.4, -0.2) is 38.0 Å². The van der Waals surface area contributed by atoms with Crippen molar-refractivity contribution in [2.75, 3.05) is 0 Å². The van der Waals surface area contributed by atoms with E-state index in [4.69, 9.17) is 4.74 Å². The van der Waals surface area contributed by atoms with Crippen LogP contribution in [-0.2, 0) is 19.6 Å². The fraction of sp³-hybridized carbons (Fsp3) is 0.529. The molecule has 1 atom stereocenters. The molecule has 0 heterocycles. The summed E-state index contributed by atoms with van der Waals surface area (Å²) < 4.78 is 32.4. The van der Waals surface area contributed by atoms with Crippen molar-refractivity contribution in [3.8, 4) is 0 Å². The van der Waals surface area contributed by atoms with Gasteiger partial charge in [0.2, 0.25) is 10.0 Å². The number of benzene rings is 1. The Morgan fingerprint density at radius 1 is 1.24 bits per heavy atom. The third-order valence-electron chi connectivity index (χ3n) is 3.40. The molecule has 7 nitrogen and oxygen atoms in total. The number of sulfonamides is 1. The summed E-state index contributed by atoms with van der Waals surface area (Å²) in [5, 5.41) is 2.75. The van der Waals surface area contributed by atoms with Gasteiger partial charge in [-0.2, -0.15) is 0 Å². The fourth-order valence-electron chi connectivity index (χ4n) is 2.08. The first-order valence-electron chi connectivity index (χ1n) is 8.13. The van der Waals surface area contributed by atoms with E-state index < -0.39 is 27.6 Å². The van der Waals surface area contributed by atoms with Crippen molar-refractivity contribution in [3.05, 3.63) is 29.8 Å². The second kappa shape index (κ2) is 7.13. The third kappa shape index (κ3) is 5.82. The minimum atomic E-state index is -3.76. The van der Waals surface area contributed by atoms with Crippen LogP contribution >= 0.6 is 0 Å². The van der Waals surface area contributed by atoms with E-state index in [1.165, 1.54) is 31.2 Å². The molecule has 2 N–H and O–H groups in total. The Hall–Kier alpha value is -1.93. The maximum Gasteiger partial charge on any atom is 0.338 e. The predicted octanol–water partition coefficient (Wildman–Crippen LogP) is 1.59. The van der Waals surface area contributed by atoms with Gasteiger partial charge in [-0.25, -0.2) is 17.9 Å². The van der Waals surface area contributed by atoms with Crippen LogP contribution in [0.5, 0.6) is 0 Å². The number of amides is 1. The molecule has 1 fully saturated rings. The molecule has 1 aliphatic carbocycles. The molecule has 1 saturated carbocycles. The van der Waals surface area contributed by atoms with Gasteiger partial charge < -0.3 is 10.1 Å². The minimum Gasteiger partial charge on any atom is -0.449 e. The van der Waals surface area contributed by atoms with Gasteiger partial charge in [-0.1, -0.05) is 6.07 Å². The van der Waals surface area contributed by atoms with Gasteiger partial charge in [-0.3, -0.25) is 4.79 Å². The Morgan fingerprint density at radius 3 is 2.44 bits per heavy atom. The number of carbonyl (C=O) groups is 2. The molecule has 0 aromatic heterocycles. The SMILES string of the molecule is C[C@@H](OC(=O)c1cccc(S(=O)(=O)NC(C)(C)C)c1)C(=O)NC1CC1. The summed E-state index contributed by atoms with van der Waals surface area (Å²) >= 11 is 0. The maximum absolute atomic E-state index is 12.4. The molecule has 1 aliphatic rings. The molecule has 0 aliphatic heterocycles. The van der Waals surface area contributed by atoms with Gasteiger partial charge >= 0.3 is 5.97 Å². The zero-order chi connectivity index (χ0) is 18.8. The van der Waals surface area contributed by atoms with Crippen molar-refractivity contribution in [2.45, 2.75) is 63.1 Å². The number of hydrogen-bond donors (Lipinski definition) is 2. The fourth-order valence-corrected chi connectivity index (χ4v) is 3.54. The summed E-state index contributed by atoms with van der Waals surface area (Å²) in [4.78, 5) is 24.0. The lowest BCUT2D eigenvalue weighted by molar-refractivity contribution is -0.129. The molecular formula is C17H24N2O5S. The van der Waals surface area contributed by atoms with E-state index in [-0.39, 0.29) is 22.4 Å². The van der Waals surface area contributed by atoms with Crippen molar-refractivity contribution in [1.82, 2.24) is 10.0 Å². The summed E-state index contributed by atoms with van der Waals surface area (Å²) in [6.07, 6.45) is 0.932. The highest BCUT2D eigenvalue weighted by Crippen LogP contribution is 2.19. The van der Waals surface area contributed by atoms with Crippen molar-refractivity contribution in [3.63, 3.8) is 0 Å². The number of hydrogen-bond acceptors (Lipinski definition) is 5. The van der Waals surface area contributed by atoms with Crippen molar-refractivity contribution in [2.24, 2.45) is 0 Å². The Morgan fingerprint density at radius 2 is 1.88 bits per heavy atom. The van der Waals surface area contributed by atoms with E-state index in [0.717, 1.165) is 12.8 Å².